The molecule has 0 unspecified atom stereocenters. The number of halogens is 1. The van der Waals surface area contributed by atoms with Crippen molar-refractivity contribution in [3.05, 3.63) is 64.1 Å². The summed E-state index contributed by atoms with van der Waals surface area (Å²) in [4.78, 5) is 23.0. The van der Waals surface area contributed by atoms with E-state index in [0.717, 1.165) is 35.4 Å². The van der Waals surface area contributed by atoms with Crippen LogP contribution in [-0.2, 0) is 9.53 Å². The number of aliphatic hydroxyl groups is 1. The molecule has 0 saturated carbocycles. The highest BCUT2D eigenvalue weighted by molar-refractivity contribution is 6.30. The van der Waals surface area contributed by atoms with Crippen molar-refractivity contribution >= 4 is 39.8 Å². The highest BCUT2D eigenvalue weighted by Gasteiger charge is 2.27. The molecule has 0 radical (unpaired) electrons. The van der Waals surface area contributed by atoms with E-state index in [9.17, 15) is 9.90 Å². The van der Waals surface area contributed by atoms with Crippen LogP contribution in [0.4, 0.5) is 5.69 Å². The molecule has 1 saturated heterocycles. The molecule has 0 spiro atoms. The van der Waals surface area contributed by atoms with Gasteiger partial charge in [-0.05, 0) is 42.3 Å². The number of aryl methyl sites for hydroxylation is 1. The van der Waals surface area contributed by atoms with Crippen molar-refractivity contribution in [3.8, 4) is 0 Å². The summed E-state index contributed by atoms with van der Waals surface area (Å²) < 4.78 is 5.46. The molecule has 0 bridgehead atoms. The molecule has 3 aromatic rings. The molecule has 5 rings (SSSR count). The number of H-pyrrole nitrogens is 1. The number of hydrogen-bond acceptors (Lipinski definition) is 6. The van der Waals surface area contributed by atoms with Gasteiger partial charge in [0.1, 0.15) is 11.4 Å². The summed E-state index contributed by atoms with van der Waals surface area (Å²) in [6, 6.07) is 11.3. The van der Waals surface area contributed by atoms with Crippen LogP contribution >= 0.6 is 11.6 Å². The minimum Gasteiger partial charge on any atom is -0.387 e. The Morgan fingerprint density at radius 2 is 2.09 bits per heavy atom. The largest absolute Gasteiger partial charge is 0.387 e. The fourth-order valence-corrected chi connectivity index (χ4v) is 4.53. The molecule has 172 valence electrons. The molecule has 9 heteroatoms. The van der Waals surface area contributed by atoms with E-state index in [2.05, 4.69) is 32.7 Å². The summed E-state index contributed by atoms with van der Waals surface area (Å²) in [6.07, 6.45) is -0.762. The zero-order chi connectivity index (χ0) is 22.9. The van der Waals surface area contributed by atoms with Gasteiger partial charge in [-0.1, -0.05) is 23.7 Å². The summed E-state index contributed by atoms with van der Waals surface area (Å²) >= 11 is 6.03. The minimum absolute atomic E-state index is 0.195. The number of fused-ring (bicyclic) bond motifs is 1. The highest BCUT2D eigenvalue weighted by Crippen LogP contribution is 2.29. The lowest BCUT2D eigenvalue weighted by molar-refractivity contribution is -0.114. The molecule has 8 nitrogen and oxygen atoms in total. The lowest BCUT2D eigenvalue weighted by atomic mass is 10.1. The molecule has 1 atom stereocenters. The lowest BCUT2D eigenvalue weighted by Gasteiger charge is -2.29. The fourth-order valence-electron chi connectivity index (χ4n) is 4.33. The van der Waals surface area contributed by atoms with Crippen molar-refractivity contribution in [3.63, 3.8) is 0 Å². The number of carbonyl (C=O) groups is 1. The minimum atomic E-state index is -0.762. The van der Waals surface area contributed by atoms with Crippen LogP contribution < -0.4 is 15.5 Å². The number of ether oxygens (including phenoxy) is 1. The second-order valence-electron chi connectivity index (χ2n) is 8.33. The Morgan fingerprint density at radius 1 is 1.27 bits per heavy atom. The zero-order valence-corrected chi connectivity index (χ0v) is 19.1. The normalized spacial score (nSPS) is 17.5. The van der Waals surface area contributed by atoms with Crippen molar-refractivity contribution in [2.24, 2.45) is 0 Å². The average molecular weight is 468 g/mol. The van der Waals surface area contributed by atoms with E-state index in [1.807, 2.05) is 13.0 Å². The monoisotopic (exact) mass is 467 g/mol. The summed E-state index contributed by atoms with van der Waals surface area (Å²) in [5.74, 6) is 0.321. The van der Waals surface area contributed by atoms with Crippen molar-refractivity contribution < 1.29 is 14.6 Å². The van der Waals surface area contributed by atoms with E-state index in [1.54, 1.807) is 18.2 Å². The number of nitrogens with zero attached hydrogens (tertiary/aromatic N) is 2. The second-order valence-corrected chi connectivity index (χ2v) is 8.77. The van der Waals surface area contributed by atoms with Gasteiger partial charge in [-0.3, -0.25) is 4.79 Å². The van der Waals surface area contributed by atoms with Gasteiger partial charge < -0.3 is 30.4 Å². The van der Waals surface area contributed by atoms with E-state index in [1.165, 1.54) is 0 Å². The van der Waals surface area contributed by atoms with Crippen molar-refractivity contribution in [1.29, 1.82) is 0 Å². The van der Waals surface area contributed by atoms with Crippen LogP contribution in [0.5, 0.6) is 0 Å². The Hall–Kier alpha value is -3.07. The summed E-state index contributed by atoms with van der Waals surface area (Å²) in [6.45, 7) is 5.76. The third-order valence-electron chi connectivity index (χ3n) is 6.07. The van der Waals surface area contributed by atoms with Gasteiger partial charge in [-0.25, -0.2) is 4.98 Å². The number of imidazole rings is 1. The Balaban J connectivity index is 1.42. The van der Waals surface area contributed by atoms with Gasteiger partial charge in [0, 0.05) is 36.0 Å². The SMILES string of the molecule is Cc1cc(N2CCOCC2)cc2[nH]c(C3=C(NC[C@@H](O)c4cccc(Cl)c4)CNC3=O)nc12. The summed E-state index contributed by atoms with van der Waals surface area (Å²) in [5.41, 5.74) is 5.77. The molecule has 2 aromatic carbocycles. The van der Waals surface area contributed by atoms with Crippen LogP contribution in [0.2, 0.25) is 5.02 Å². The van der Waals surface area contributed by atoms with E-state index >= 15 is 0 Å². The number of aromatic amines is 1. The van der Waals surface area contributed by atoms with Crippen molar-refractivity contribution in [1.82, 2.24) is 20.6 Å². The summed E-state index contributed by atoms with van der Waals surface area (Å²) in [7, 11) is 0. The first-order valence-electron chi connectivity index (χ1n) is 11.0. The number of carbonyl (C=O) groups excluding carboxylic acids is 1. The Kier molecular flexibility index (Phi) is 5.97. The average Bonchev–Trinajstić information content (AvgIpc) is 3.41. The first kappa shape index (κ1) is 21.8. The quantitative estimate of drug-likeness (QED) is 0.444. The van der Waals surface area contributed by atoms with E-state index in [0.29, 0.717) is 47.4 Å². The fraction of sp³-hybridized carbons (Fsp3) is 0.333. The number of nitrogens with one attached hydrogen (secondary N) is 3. The molecule has 2 aliphatic heterocycles. The molecule has 4 N–H and O–H groups in total. The Bertz CT molecular complexity index is 1230. The number of anilines is 1. The molecule has 1 aromatic heterocycles. The van der Waals surface area contributed by atoms with E-state index < -0.39 is 6.10 Å². The third kappa shape index (κ3) is 4.42. The van der Waals surface area contributed by atoms with Gasteiger partial charge in [-0.2, -0.15) is 0 Å². The lowest BCUT2D eigenvalue weighted by Crippen LogP contribution is -2.36. The van der Waals surface area contributed by atoms with Crippen molar-refractivity contribution in [2.45, 2.75) is 13.0 Å². The van der Waals surface area contributed by atoms with Gasteiger partial charge >= 0.3 is 0 Å². The third-order valence-corrected chi connectivity index (χ3v) is 6.31. The van der Waals surface area contributed by atoms with Crippen LogP contribution in [0.1, 0.15) is 23.1 Å². The smallest absolute Gasteiger partial charge is 0.257 e. The number of aliphatic hydroxyl groups excluding tert-OH is 1. The maximum atomic E-state index is 12.6. The van der Waals surface area contributed by atoms with Crippen LogP contribution in [0.25, 0.3) is 16.6 Å². The first-order chi connectivity index (χ1) is 16.0. The number of rotatable bonds is 6. The number of amides is 1. The van der Waals surface area contributed by atoms with Crippen LogP contribution in [0, 0.1) is 6.92 Å². The first-order valence-corrected chi connectivity index (χ1v) is 11.4. The molecular formula is C24H26ClN5O3. The zero-order valence-electron chi connectivity index (χ0n) is 18.3. The number of aromatic nitrogens is 2. The van der Waals surface area contributed by atoms with Gasteiger partial charge in [0.2, 0.25) is 0 Å². The maximum Gasteiger partial charge on any atom is 0.257 e. The Morgan fingerprint density at radius 3 is 2.88 bits per heavy atom. The van der Waals surface area contributed by atoms with E-state index in [-0.39, 0.29) is 12.5 Å². The molecule has 2 aliphatic rings. The molecule has 33 heavy (non-hydrogen) atoms. The molecule has 0 aliphatic carbocycles. The predicted molar refractivity (Wildman–Crippen MR) is 128 cm³/mol. The number of benzene rings is 2. The predicted octanol–water partition coefficient (Wildman–Crippen LogP) is 2.53. The van der Waals surface area contributed by atoms with Crippen LogP contribution in [-0.4, -0.2) is 60.4 Å². The molecule has 1 amide bonds. The van der Waals surface area contributed by atoms with Gasteiger partial charge in [0.25, 0.3) is 5.91 Å². The summed E-state index contributed by atoms with van der Waals surface area (Å²) in [5, 5.41) is 17.2. The number of morpholine rings is 1. The molecule has 3 heterocycles. The van der Waals surface area contributed by atoms with Gasteiger partial charge in [0.15, 0.2) is 0 Å². The van der Waals surface area contributed by atoms with Gasteiger partial charge in [-0.15, -0.1) is 0 Å². The standard InChI is InChI=1S/C24H26ClN5O3/c1-14-9-17(30-5-7-33-8-6-30)11-18-22(14)29-23(28-18)21-19(12-27-24(21)32)26-13-20(31)15-3-2-4-16(25)10-15/h2-4,9-11,20,26,31H,5-8,12-13H2,1H3,(H,27,32)(H,28,29)/t20-/m1/s1. The van der Waals surface area contributed by atoms with E-state index in [4.69, 9.17) is 21.3 Å². The van der Waals surface area contributed by atoms with Gasteiger partial charge in [0.05, 0.1) is 36.9 Å². The molecular weight excluding hydrogens is 442 g/mol. The molecule has 1 fully saturated rings. The highest BCUT2D eigenvalue weighted by atomic mass is 35.5. The van der Waals surface area contributed by atoms with Crippen LogP contribution in [0.3, 0.4) is 0 Å². The maximum absolute atomic E-state index is 12.6. The number of hydrogen-bond donors (Lipinski definition) is 4. The topological polar surface area (TPSA) is 103 Å². The second kappa shape index (κ2) is 9.05. The van der Waals surface area contributed by atoms with Crippen LogP contribution in [0.15, 0.2) is 42.1 Å². The Labute approximate surface area is 196 Å². The van der Waals surface area contributed by atoms with Crippen molar-refractivity contribution in [2.75, 3.05) is 44.3 Å².